The zero-order chi connectivity index (χ0) is 16.2. The van der Waals surface area contributed by atoms with Crippen LogP contribution in [0.25, 0.3) is 11.3 Å². The first-order chi connectivity index (χ1) is 11.1. The quantitative estimate of drug-likeness (QED) is 0.743. The molecular weight excluding hydrogens is 290 g/mol. The van der Waals surface area contributed by atoms with Crippen molar-refractivity contribution in [3.05, 3.63) is 66.2 Å². The molecular formula is C18H17N3O2. The summed E-state index contributed by atoms with van der Waals surface area (Å²) in [7, 11) is 0. The lowest BCUT2D eigenvalue weighted by Gasteiger charge is -2.08. The molecule has 5 heteroatoms. The van der Waals surface area contributed by atoms with E-state index in [1.165, 1.54) is 0 Å². The average molecular weight is 307 g/mol. The van der Waals surface area contributed by atoms with Crippen LogP contribution < -0.4 is 10.6 Å². The molecule has 23 heavy (non-hydrogen) atoms. The lowest BCUT2D eigenvalue weighted by atomic mass is 10.1. The smallest absolute Gasteiger partial charge is 0.323 e. The number of aryl methyl sites for hydroxylation is 2. The molecule has 0 spiro atoms. The van der Waals surface area contributed by atoms with Crippen molar-refractivity contribution >= 4 is 17.4 Å². The number of oxazole rings is 1. The second-order valence-electron chi connectivity index (χ2n) is 5.16. The minimum absolute atomic E-state index is 0.280. The lowest BCUT2D eigenvalue weighted by Crippen LogP contribution is -2.19. The fraction of sp³-hybridized carbons (Fsp3) is 0.111. The van der Waals surface area contributed by atoms with Crippen molar-refractivity contribution in [2.45, 2.75) is 13.8 Å². The van der Waals surface area contributed by atoms with E-state index in [1.807, 2.05) is 68.4 Å². The minimum atomic E-state index is -0.280. The van der Waals surface area contributed by atoms with Crippen molar-refractivity contribution in [1.29, 1.82) is 0 Å². The Morgan fingerprint density at radius 1 is 0.913 bits per heavy atom. The Labute approximate surface area is 134 Å². The number of aromatic nitrogens is 1. The summed E-state index contributed by atoms with van der Waals surface area (Å²) < 4.78 is 5.44. The third-order valence-electron chi connectivity index (χ3n) is 3.35. The fourth-order valence-corrected chi connectivity index (χ4v) is 2.32. The molecule has 1 heterocycles. The number of benzene rings is 2. The highest BCUT2D eigenvalue weighted by molar-refractivity contribution is 5.99. The van der Waals surface area contributed by atoms with Gasteiger partial charge in [0.15, 0.2) is 5.89 Å². The summed E-state index contributed by atoms with van der Waals surface area (Å²) >= 11 is 0. The highest BCUT2D eigenvalue weighted by atomic mass is 16.4. The standard InChI is InChI=1S/C18H17N3O2/c1-12-17(19-13(2)23-12)14-8-10-16(11-9-14)21-18(22)20-15-6-4-3-5-7-15/h3-11H,1-2H3,(H2,20,21,22). The van der Waals surface area contributed by atoms with Gasteiger partial charge in [-0.3, -0.25) is 0 Å². The molecule has 2 aromatic carbocycles. The van der Waals surface area contributed by atoms with Gasteiger partial charge in [0.1, 0.15) is 11.5 Å². The van der Waals surface area contributed by atoms with Crippen LogP contribution in [0.3, 0.4) is 0 Å². The number of para-hydroxylation sites is 1. The summed E-state index contributed by atoms with van der Waals surface area (Å²) in [6.45, 7) is 3.70. The summed E-state index contributed by atoms with van der Waals surface area (Å²) in [5.41, 5.74) is 3.23. The number of hydrogen-bond donors (Lipinski definition) is 2. The third kappa shape index (κ3) is 3.58. The summed E-state index contributed by atoms with van der Waals surface area (Å²) in [5.74, 6) is 1.42. The van der Waals surface area contributed by atoms with E-state index in [2.05, 4.69) is 15.6 Å². The van der Waals surface area contributed by atoms with Gasteiger partial charge in [0.25, 0.3) is 0 Å². The Bertz CT molecular complexity index is 808. The molecule has 0 aliphatic heterocycles. The van der Waals surface area contributed by atoms with Gasteiger partial charge in [-0.25, -0.2) is 9.78 Å². The summed E-state index contributed by atoms with van der Waals surface area (Å²) in [4.78, 5) is 16.3. The summed E-state index contributed by atoms with van der Waals surface area (Å²) in [6, 6.07) is 16.5. The van der Waals surface area contributed by atoms with Crippen LogP contribution in [0.15, 0.2) is 59.0 Å². The Morgan fingerprint density at radius 3 is 2.09 bits per heavy atom. The van der Waals surface area contributed by atoms with E-state index in [4.69, 9.17) is 4.42 Å². The fourth-order valence-electron chi connectivity index (χ4n) is 2.32. The van der Waals surface area contributed by atoms with Crippen molar-refractivity contribution in [2.75, 3.05) is 10.6 Å². The van der Waals surface area contributed by atoms with Gasteiger partial charge < -0.3 is 15.1 Å². The molecule has 3 aromatic rings. The van der Waals surface area contributed by atoms with Gasteiger partial charge in [0, 0.05) is 23.9 Å². The van der Waals surface area contributed by atoms with Gasteiger partial charge >= 0.3 is 6.03 Å². The molecule has 116 valence electrons. The predicted molar refractivity (Wildman–Crippen MR) is 90.5 cm³/mol. The van der Waals surface area contributed by atoms with Crippen LogP contribution in [0.1, 0.15) is 11.7 Å². The first-order valence-corrected chi connectivity index (χ1v) is 7.29. The topological polar surface area (TPSA) is 67.2 Å². The van der Waals surface area contributed by atoms with Gasteiger partial charge in [-0.05, 0) is 31.2 Å². The van der Waals surface area contributed by atoms with E-state index < -0.39 is 0 Å². The van der Waals surface area contributed by atoms with E-state index in [0.717, 1.165) is 22.7 Å². The number of carbonyl (C=O) groups excluding carboxylic acids is 1. The maximum absolute atomic E-state index is 11.9. The molecule has 3 rings (SSSR count). The van der Waals surface area contributed by atoms with Crippen LogP contribution in [-0.2, 0) is 0 Å². The van der Waals surface area contributed by atoms with E-state index in [0.29, 0.717) is 11.6 Å². The van der Waals surface area contributed by atoms with Gasteiger partial charge in [-0.1, -0.05) is 30.3 Å². The Balaban J connectivity index is 1.68. The molecule has 0 saturated carbocycles. The molecule has 5 nitrogen and oxygen atoms in total. The van der Waals surface area contributed by atoms with Crippen molar-refractivity contribution in [1.82, 2.24) is 4.98 Å². The Hall–Kier alpha value is -3.08. The highest BCUT2D eigenvalue weighted by Gasteiger charge is 2.09. The second-order valence-corrected chi connectivity index (χ2v) is 5.16. The monoisotopic (exact) mass is 307 g/mol. The number of anilines is 2. The SMILES string of the molecule is Cc1nc(-c2ccc(NC(=O)Nc3ccccc3)cc2)c(C)o1. The maximum Gasteiger partial charge on any atom is 0.323 e. The third-order valence-corrected chi connectivity index (χ3v) is 3.35. The first-order valence-electron chi connectivity index (χ1n) is 7.29. The van der Waals surface area contributed by atoms with Crippen molar-refractivity contribution in [2.24, 2.45) is 0 Å². The lowest BCUT2D eigenvalue weighted by molar-refractivity contribution is 0.262. The zero-order valence-electron chi connectivity index (χ0n) is 13.0. The molecule has 0 aliphatic rings. The number of urea groups is 1. The second kappa shape index (κ2) is 6.36. The number of amides is 2. The van der Waals surface area contributed by atoms with E-state index in [-0.39, 0.29) is 6.03 Å². The van der Waals surface area contributed by atoms with E-state index >= 15 is 0 Å². The van der Waals surface area contributed by atoms with Gasteiger partial charge in [0.2, 0.25) is 0 Å². The summed E-state index contributed by atoms with van der Waals surface area (Å²) in [6.07, 6.45) is 0. The number of hydrogen-bond acceptors (Lipinski definition) is 3. The molecule has 2 amide bonds. The summed E-state index contributed by atoms with van der Waals surface area (Å²) in [5, 5.41) is 5.57. The minimum Gasteiger partial charge on any atom is -0.446 e. The van der Waals surface area contributed by atoms with Crippen LogP contribution >= 0.6 is 0 Å². The van der Waals surface area contributed by atoms with E-state index in [1.54, 1.807) is 0 Å². The van der Waals surface area contributed by atoms with Crippen molar-refractivity contribution in [3.63, 3.8) is 0 Å². The molecule has 0 atom stereocenters. The normalized spacial score (nSPS) is 10.3. The molecule has 0 saturated heterocycles. The van der Waals surface area contributed by atoms with Gasteiger partial charge in [-0.2, -0.15) is 0 Å². The van der Waals surface area contributed by atoms with Crippen LogP contribution in [0.2, 0.25) is 0 Å². The molecule has 2 N–H and O–H groups in total. The van der Waals surface area contributed by atoms with E-state index in [9.17, 15) is 4.79 Å². The molecule has 0 fully saturated rings. The number of nitrogens with one attached hydrogen (secondary N) is 2. The number of nitrogens with zero attached hydrogens (tertiary/aromatic N) is 1. The molecule has 0 unspecified atom stereocenters. The molecule has 0 bridgehead atoms. The van der Waals surface area contributed by atoms with Crippen molar-refractivity contribution in [3.8, 4) is 11.3 Å². The number of carbonyl (C=O) groups is 1. The zero-order valence-corrected chi connectivity index (χ0v) is 13.0. The van der Waals surface area contributed by atoms with Gasteiger partial charge in [0.05, 0.1) is 0 Å². The molecule has 0 radical (unpaired) electrons. The van der Waals surface area contributed by atoms with Crippen LogP contribution in [0, 0.1) is 13.8 Å². The highest BCUT2D eigenvalue weighted by Crippen LogP contribution is 2.24. The molecule has 1 aromatic heterocycles. The Morgan fingerprint density at radius 2 is 1.52 bits per heavy atom. The maximum atomic E-state index is 11.9. The largest absolute Gasteiger partial charge is 0.446 e. The average Bonchev–Trinajstić information content (AvgIpc) is 2.87. The Kier molecular flexibility index (Phi) is 4.10. The van der Waals surface area contributed by atoms with Crippen molar-refractivity contribution < 1.29 is 9.21 Å². The first kappa shape index (κ1) is 14.8. The number of rotatable bonds is 3. The predicted octanol–water partition coefficient (Wildman–Crippen LogP) is 4.60. The van der Waals surface area contributed by atoms with Gasteiger partial charge in [-0.15, -0.1) is 0 Å². The van der Waals surface area contributed by atoms with Crippen LogP contribution in [0.5, 0.6) is 0 Å². The van der Waals surface area contributed by atoms with Crippen LogP contribution in [0.4, 0.5) is 16.2 Å². The molecule has 0 aliphatic carbocycles. The van der Waals surface area contributed by atoms with Crippen LogP contribution in [-0.4, -0.2) is 11.0 Å².